The minimum atomic E-state index is -0.391. The van der Waals surface area contributed by atoms with Gasteiger partial charge >= 0.3 is 0 Å². The Balaban J connectivity index is 2.98. The molecule has 0 bridgehead atoms. The van der Waals surface area contributed by atoms with Gasteiger partial charge in [-0.1, -0.05) is 6.92 Å². The van der Waals surface area contributed by atoms with Crippen molar-refractivity contribution in [3.05, 3.63) is 23.4 Å². The van der Waals surface area contributed by atoms with Gasteiger partial charge in [-0.3, -0.25) is 0 Å². The standard InChI is InChI=1S/C13H22N2O/c1-5-12(16)11-9-14-13(8-10(11)4)15(6-2)7-3/h8-9,12,16H,5-7H2,1-4H3. The van der Waals surface area contributed by atoms with Crippen LogP contribution in [0, 0.1) is 6.92 Å². The smallest absolute Gasteiger partial charge is 0.128 e. The third-order valence-corrected chi connectivity index (χ3v) is 2.97. The quantitative estimate of drug-likeness (QED) is 0.832. The predicted octanol–water partition coefficient (Wildman–Crippen LogP) is 2.68. The van der Waals surface area contributed by atoms with Gasteiger partial charge in [-0.05, 0) is 38.8 Å². The van der Waals surface area contributed by atoms with Gasteiger partial charge in [0.15, 0.2) is 0 Å². The zero-order valence-electron chi connectivity index (χ0n) is 10.7. The van der Waals surface area contributed by atoms with Gasteiger partial charge in [0, 0.05) is 24.8 Å². The largest absolute Gasteiger partial charge is 0.388 e. The summed E-state index contributed by atoms with van der Waals surface area (Å²) in [5, 5.41) is 9.80. The van der Waals surface area contributed by atoms with Crippen LogP contribution in [-0.2, 0) is 0 Å². The molecule has 1 rings (SSSR count). The van der Waals surface area contributed by atoms with Crippen molar-refractivity contribution in [2.75, 3.05) is 18.0 Å². The minimum Gasteiger partial charge on any atom is -0.388 e. The third-order valence-electron chi connectivity index (χ3n) is 2.97. The van der Waals surface area contributed by atoms with Gasteiger partial charge < -0.3 is 10.0 Å². The van der Waals surface area contributed by atoms with Gasteiger partial charge in [0.1, 0.15) is 5.82 Å². The molecular formula is C13H22N2O. The van der Waals surface area contributed by atoms with Crippen LogP contribution in [0.2, 0.25) is 0 Å². The average molecular weight is 222 g/mol. The zero-order valence-corrected chi connectivity index (χ0v) is 10.7. The van der Waals surface area contributed by atoms with Gasteiger partial charge in [0.2, 0.25) is 0 Å². The van der Waals surface area contributed by atoms with Crippen LogP contribution >= 0.6 is 0 Å². The summed E-state index contributed by atoms with van der Waals surface area (Å²) in [6.07, 6.45) is 2.14. The van der Waals surface area contributed by atoms with Crippen LogP contribution in [0.1, 0.15) is 44.4 Å². The molecule has 1 atom stereocenters. The molecule has 1 unspecified atom stereocenters. The van der Waals surface area contributed by atoms with Gasteiger partial charge in [0.05, 0.1) is 6.10 Å². The lowest BCUT2D eigenvalue weighted by atomic mass is 10.0. The normalized spacial score (nSPS) is 12.6. The second kappa shape index (κ2) is 5.85. The van der Waals surface area contributed by atoms with Crippen LogP contribution in [0.15, 0.2) is 12.3 Å². The Hall–Kier alpha value is -1.09. The summed E-state index contributed by atoms with van der Waals surface area (Å²) in [5.41, 5.74) is 2.06. The first-order chi connectivity index (χ1) is 7.63. The highest BCUT2D eigenvalue weighted by Crippen LogP contribution is 2.22. The Morgan fingerprint density at radius 2 is 1.94 bits per heavy atom. The molecular weight excluding hydrogens is 200 g/mol. The SMILES string of the molecule is CCC(O)c1cnc(N(CC)CC)cc1C. The summed E-state index contributed by atoms with van der Waals surface area (Å²) in [4.78, 5) is 6.62. The van der Waals surface area contributed by atoms with E-state index in [9.17, 15) is 5.11 Å². The molecule has 0 aromatic carbocycles. The number of pyridine rings is 1. The summed E-state index contributed by atoms with van der Waals surface area (Å²) >= 11 is 0. The van der Waals surface area contributed by atoms with Gasteiger partial charge in [0.25, 0.3) is 0 Å². The van der Waals surface area contributed by atoms with Crippen LogP contribution in [0.3, 0.4) is 0 Å². The lowest BCUT2D eigenvalue weighted by Crippen LogP contribution is -2.23. The lowest BCUT2D eigenvalue weighted by Gasteiger charge is -2.21. The minimum absolute atomic E-state index is 0.391. The number of aromatic nitrogens is 1. The molecule has 0 saturated heterocycles. The molecule has 0 aliphatic rings. The number of hydrogen-bond acceptors (Lipinski definition) is 3. The summed E-state index contributed by atoms with van der Waals surface area (Å²) in [5.74, 6) is 0.995. The van der Waals surface area contributed by atoms with Gasteiger partial charge in [-0.25, -0.2) is 4.98 Å². The van der Waals surface area contributed by atoms with Gasteiger partial charge in [-0.15, -0.1) is 0 Å². The van der Waals surface area contributed by atoms with E-state index in [1.165, 1.54) is 0 Å². The van der Waals surface area contributed by atoms with Crippen LogP contribution in [0.5, 0.6) is 0 Å². The summed E-state index contributed by atoms with van der Waals surface area (Å²) in [6.45, 7) is 10.2. The van der Waals surface area contributed by atoms with Crippen LogP contribution in [-0.4, -0.2) is 23.2 Å². The number of aryl methyl sites for hydroxylation is 1. The molecule has 3 heteroatoms. The molecule has 3 nitrogen and oxygen atoms in total. The van der Waals surface area contributed by atoms with E-state index < -0.39 is 6.10 Å². The third kappa shape index (κ3) is 2.73. The van der Waals surface area contributed by atoms with E-state index in [1.54, 1.807) is 6.20 Å². The van der Waals surface area contributed by atoms with Crippen molar-refractivity contribution in [3.63, 3.8) is 0 Å². The topological polar surface area (TPSA) is 36.4 Å². The Kier molecular flexibility index (Phi) is 4.74. The van der Waals surface area contributed by atoms with Crippen molar-refractivity contribution in [1.29, 1.82) is 0 Å². The molecule has 0 amide bonds. The first kappa shape index (κ1) is 13.0. The predicted molar refractivity (Wildman–Crippen MR) is 67.8 cm³/mol. The van der Waals surface area contributed by atoms with Gasteiger partial charge in [-0.2, -0.15) is 0 Å². The van der Waals surface area contributed by atoms with Crippen LogP contribution < -0.4 is 4.90 Å². The van der Waals surface area contributed by atoms with E-state index >= 15 is 0 Å². The molecule has 0 aliphatic heterocycles. The first-order valence-corrected chi connectivity index (χ1v) is 6.03. The second-order valence-corrected chi connectivity index (χ2v) is 4.00. The number of rotatable bonds is 5. The molecule has 0 aliphatic carbocycles. The number of aliphatic hydroxyl groups excluding tert-OH is 1. The van der Waals surface area contributed by atoms with E-state index in [2.05, 4.69) is 29.8 Å². The molecule has 0 radical (unpaired) electrons. The fourth-order valence-electron chi connectivity index (χ4n) is 1.84. The van der Waals surface area contributed by atoms with E-state index in [4.69, 9.17) is 0 Å². The molecule has 0 fully saturated rings. The molecule has 90 valence electrons. The van der Waals surface area contributed by atoms with Crippen molar-refractivity contribution in [3.8, 4) is 0 Å². The number of anilines is 1. The Morgan fingerprint density at radius 1 is 1.31 bits per heavy atom. The summed E-state index contributed by atoms with van der Waals surface area (Å²) < 4.78 is 0. The summed E-state index contributed by atoms with van der Waals surface area (Å²) in [6, 6.07) is 2.06. The first-order valence-electron chi connectivity index (χ1n) is 6.03. The van der Waals surface area contributed by atoms with Crippen LogP contribution in [0.4, 0.5) is 5.82 Å². The molecule has 1 aromatic rings. The van der Waals surface area contributed by atoms with E-state index in [-0.39, 0.29) is 0 Å². The maximum Gasteiger partial charge on any atom is 0.128 e. The number of hydrogen-bond donors (Lipinski definition) is 1. The Bertz CT molecular complexity index is 335. The van der Waals surface area contributed by atoms with Crippen LogP contribution in [0.25, 0.3) is 0 Å². The van der Waals surface area contributed by atoms with E-state index in [0.29, 0.717) is 0 Å². The lowest BCUT2D eigenvalue weighted by molar-refractivity contribution is 0.172. The van der Waals surface area contributed by atoms with Crippen molar-refractivity contribution in [1.82, 2.24) is 4.98 Å². The van der Waals surface area contributed by atoms with Crippen molar-refractivity contribution < 1.29 is 5.11 Å². The number of aliphatic hydroxyl groups is 1. The molecule has 1 heterocycles. The maximum absolute atomic E-state index is 9.80. The molecule has 0 spiro atoms. The maximum atomic E-state index is 9.80. The Morgan fingerprint density at radius 3 is 2.38 bits per heavy atom. The highest BCUT2D eigenvalue weighted by molar-refractivity contribution is 5.43. The van der Waals surface area contributed by atoms with Crippen molar-refractivity contribution >= 4 is 5.82 Å². The monoisotopic (exact) mass is 222 g/mol. The second-order valence-electron chi connectivity index (χ2n) is 4.00. The highest BCUT2D eigenvalue weighted by atomic mass is 16.3. The molecule has 1 aromatic heterocycles. The average Bonchev–Trinajstić information content (AvgIpc) is 2.30. The Labute approximate surface area is 98.1 Å². The molecule has 16 heavy (non-hydrogen) atoms. The number of nitrogens with zero attached hydrogens (tertiary/aromatic N) is 2. The molecule has 1 N–H and O–H groups in total. The van der Waals surface area contributed by atoms with E-state index in [1.807, 2.05) is 13.8 Å². The van der Waals surface area contributed by atoms with E-state index in [0.717, 1.165) is 36.5 Å². The van der Waals surface area contributed by atoms with Crippen molar-refractivity contribution in [2.24, 2.45) is 0 Å². The zero-order chi connectivity index (χ0) is 12.1. The fourth-order valence-corrected chi connectivity index (χ4v) is 1.84. The summed E-state index contributed by atoms with van der Waals surface area (Å²) in [7, 11) is 0. The highest BCUT2D eigenvalue weighted by Gasteiger charge is 2.11. The fraction of sp³-hybridized carbons (Fsp3) is 0.615. The molecule has 0 saturated carbocycles. The van der Waals surface area contributed by atoms with Crippen molar-refractivity contribution in [2.45, 2.75) is 40.2 Å².